The maximum atomic E-state index is 12.2. The predicted octanol–water partition coefficient (Wildman–Crippen LogP) is 3.78. The van der Waals surface area contributed by atoms with E-state index in [4.69, 9.17) is 4.74 Å². The van der Waals surface area contributed by atoms with E-state index >= 15 is 0 Å². The Hall–Kier alpha value is -2.89. The third-order valence-corrected chi connectivity index (χ3v) is 3.69. The van der Waals surface area contributed by atoms with Crippen LogP contribution < -0.4 is 10.6 Å². The average molecular weight is 355 g/mol. The number of carbonyl (C=O) groups is 2. The quantitative estimate of drug-likeness (QED) is 0.705. The van der Waals surface area contributed by atoms with E-state index in [-0.39, 0.29) is 11.9 Å². The van der Waals surface area contributed by atoms with E-state index in [0.717, 1.165) is 12.1 Å². The van der Waals surface area contributed by atoms with Crippen molar-refractivity contribution in [3.05, 3.63) is 53.9 Å². The Morgan fingerprint density at radius 2 is 1.81 bits per heavy atom. The van der Waals surface area contributed by atoms with E-state index in [9.17, 15) is 9.59 Å². The monoisotopic (exact) mass is 355 g/mol. The number of ether oxygens (including phenoxy) is 1. The summed E-state index contributed by atoms with van der Waals surface area (Å²) in [7, 11) is 0. The summed E-state index contributed by atoms with van der Waals surface area (Å²) in [6.07, 6.45) is 4.12. The molecule has 0 radical (unpaired) electrons. The summed E-state index contributed by atoms with van der Waals surface area (Å²) >= 11 is 0. The number of esters is 1. The first kappa shape index (κ1) is 19.4. The minimum atomic E-state index is -0.346. The summed E-state index contributed by atoms with van der Waals surface area (Å²) in [6, 6.07) is 8.69. The molecule has 26 heavy (non-hydrogen) atoms. The van der Waals surface area contributed by atoms with Gasteiger partial charge in [-0.05, 0) is 49.6 Å². The fourth-order valence-corrected chi connectivity index (χ4v) is 2.28. The third kappa shape index (κ3) is 5.88. The zero-order chi connectivity index (χ0) is 18.9. The number of pyridine rings is 1. The minimum Gasteiger partial charge on any atom is -0.462 e. The van der Waals surface area contributed by atoms with Gasteiger partial charge >= 0.3 is 5.97 Å². The molecule has 1 heterocycles. The van der Waals surface area contributed by atoms with Crippen LogP contribution in [0.5, 0.6) is 0 Å². The van der Waals surface area contributed by atoms with Crippen molar-refractivity contribution in [3.63, 3.8) is 0 Å². The van der Waals surface area contributed by atoms with Crippen LogP contribution in [0.2, 0.25) is 0 Å². The van der Waals surface area contributed by atoms with Gasteiger partial charge in [0.05, 0.1) is 29.6 Å². The molecule has 2 aromatic rings. The van der Waals surface area contributed by atoms with Gasteiger partial charge in [0.25, 0.3) is 5.91 Å². The maximum absolute atomic E-state index is 12.2. The zero-order valence-electron chi connectivity index (χ0n) is 15.4. The number of nitrogens with zero attached hydrogens (tertiary/aromatic N) is 1. The van der Waals surface area contributed by atoms with Crippen LogP contribution >= 0.6 is 0 Å². The molecule has 0 fully saturated rings. The molecule has 0 aliphatic carbocycles. The molecule has 0 bridgehead atoms. The molecule has 0 saturated carbocycles. The van der Waals surface area contributed by atoms with Gasteiger partial charge in [-0.3, -0.25) is 9.78 Å². The van der Waals surface area contributed by atoms with Crippen LogP contribution in [-0.2, 0) is 4.74 Å². The molecule has 1 amide bonds. The van der Waals surface area contributed by atoms with E-state index < -0.39 is 0 Å². The summed E-state index contributed by atoms with van der Waals surface area (Å²) in [5.74, 6) is 0.0549. The van der Waals surface area contributed by atoms with Gasteiger partial charge < -0.3 is 15.4 Å². The highest BCUT2D eigenvalue weighted by atomic mass is 16.5. The first-order chi connectivity index (χ1) is 12.5. The normalized spacial score (nSPS) is 10.5. The summed E-state index contributed by atoms with van der Waals surface area (Å²) in [5, 5.41) is 6.07. The molecule has 1 aromatic carbocycles. The molecule has 1 aromatic heterocycles. The van der Waals surface area contributed by atoms with Crippen molar-refractivity contribution in [2.24, 2.45) is 5.92 Å². The minimum absolute atomic E-state index is 0.139. The lowest BCUT2D eigenvalue weighted by Crippen LogP contribution is -2.25. The number of nitrogens with one attached hydrogen (secondary N) is 2. The first-order valence-electron chi connectivity index (χ1n) is 8.77. The van der Waals surface area contributed by atoms with E-state index in [2.05, 4.69) is 29.5 Å². The number of rotatable bonds is 8. The van der Waals surface area contributed by atoms with Crippen molar-refractivity contribution in [1.29, 1.82) is 0 Å². The van der Waals surface area contributed by atoms with Gasteiger partial charge in [-0.15, -0.1) is 0 Å². The zero-order valence-corrected chi connectivity index (χ0v) is 15.4. The first-order valence-corrected chi connectivity index (χ1v) is 8.77. The average Bonchev–Trinajstić information content (AvgIpc) is 2.62. The number of aromatic nitrogens is 1. The molecule has 6 nitrogen and oxygen atoms in total. The second-order valence-electron chi connectivity index (χ2n) is 6.32. The molecule has 2 rings (SSSR count). The number of hydrogen-bond acceptors (Lipinski definition) is 5. The molecule has 0 spiro atoms. The molecule has 0 atom stereocenters. The Morgan fingerprint density at radius 1 is 1.08 bits per heavy atom. The van der Waals surface area contributed by atoms with E-state index in [1.54, 1.807) is 49.6 Å². The van der Waals surface area contributed by atoms with Crippen molar-refractivity contribution in [1.82, 2.24) is 10.3 Å². The van der Waals surface area contributed by atoms with Crippen LogP contribution in [0.1, 0.15) is 47.9 Å². The van der Waals surface area contributed by atoms with Crippen LogP contribution in [0.25, 0.3) is 0 Å². The van der Waals surface area contributed by atoms with Crippen LogP contribution in [0.15, 0.2) is 42.7 Å². The number of carbonyl (C=O) groups excluding carboxylic acids is 2. The number of hydrogen-bond donors (Lipinski definition) is 2. The second kappa shape index (κ2) is 9.56. The van der Waals surface area contributed by atoms with Crippen LogP contribution in [-0.4, -0.2) is 30.0 Å². The summed E-state index contributed by atoms with van der Waals surface area (Å²) < 4.78 is 4.96. The Bertz CT molecular complexity index is 742. The van der Waals surface area contributed by atoms with Gasteiger partial charge in [-0.2, -0.15) is 0 Å². The fourth-order valence-electron chi connectivity index (χ4n) is 2.28. The lowest BCUT2D eigenvalue weighted by Gasteiger charge is -2.10. The lowest BCUT2D eigenvalue weighted by molar-refractivity contribution is 0.0526. The summed E-state index contributed by atoms with van der Waals surface area (Å²) in [4.78, 5) is 28.0. The molecule has 0 aliphatic heterocycles. The van der Waals surface area contributed by atoms with E-state index in [1.807, 2.05) is 0 Å². The number of anilines is 2. The van der Waals surface area contributed by atoms with Crippen LogP contribution in [0, 0.1) is 5.92 Å². The molecule has 2 N–H and O–H groups in total. The number of benzene rings is 1. The van der Waals surface area contributed by atoms with Crippen LogP contribution in [0.3, 0.4) is 0 Å². The van der Waals surface area contributed by atoms with Crippen molar-refractivity contribution in [2.75, 3.05) is 18.5 Å². The summed E-state index contributed by atoms with van der Waals surface area (Å²) in [6.45, 7) is 6.99. The van der Waals surface area contributed by atoms with Gasteiger partial charge in [0.1, 0.15) is 0 Å². The Morgan fingerprint density at radius 3 is 2.46 bits per heavy atom. The van der Waals surface area contributed by atoms with Crippen molar-refractivity contribution in [2.45, 2.75) is 27.2 Å². The molecular weight excluding hydrogens is 330 g/mol. The molecule has 6 heteroatoms. The van der Waals surface area contributed by atoms with Gasteiger partial charge in [-0.25, -0.2) is 4.79 Å². The SMILES string of the molecule is CCOC(=O)c1ccc(Nc2cncc(C(=O)NCCC(C)C)c2)cc1. The highest BCUT2D eigenvalue weighted by Gasteiger charge is 2.08. The fraction of sp³-hybridized carbons (Fsp3) is 0.350. The highest BCUT2D eigenvalue weighted by Crippen LogP contribution is 2.18. The smallest absolute Gasteiger partial charge is 0.338 e. The lowest BCUT2D eigenvalue weighted by atomic mass is 10.1. The predicted molar refractivity (Wildman–Crippen MR) is 102 cm³/mol. The number of amides is 1. The molecule has 0 aliphatic rings. The Labute approximate surface area is 154 Å². The Kier molecular flexibility index (Phi) is 7.14. The standard InChI is InChI=1S/C20H25N3O3/c1-4-26-20(25)15-5-7-17(8-6-15)23-18-11-16(12-21-13-18)19(24)22-10-9-14(2)3/h5-8,11-14,23H,4,9-10H2,1-3H3,(H,22,24). The van der Waals surface area contributed by atoms with Gasteiger partial charge in [0.2, 0.25) is 0 Å². The van der Waals surface area contributed by atoms with Gasteiger partial charge in [0.15, 0.2) is 0 Å². The third-order valence-electron chi connectivity index (χ3n) is 3.69. The topological polar surface area (TPSA) is 80.3 Å². The molecule has 0 unspecified atom stereocenters. The largest absolute Gasteiger partial charge is 0.462 e. The molecule has 138 valence electrons. The molecular formula is C20H25N3O3. The second-order valence-corrected chi connectivity index (χ2v) is 6.32. The molecule has 0 saturated heterocycles. The highest BCUT2D eigenvalue weighted by molar-refractivity contribution is 5.95. The van der Waals surface area contributed by atoms with E-state index in [0.29, 0.717) is 35.9 Å². The van der Waals surface area contributed by atoms with Crippen molar-refractivity contribution in [3.8, 4) is 0 Å². The maximum Gasteiger partial charge on any atom is 0.338 e. The van der Waals surface area contributed by atoms with Crippen molar-refractivity contribution >= 4 is 23.3 Å². The van der Waals surface area contributed by atoms with Gasteiger partial charge in [0, 0.05) is 18.4 Å². The van der Waals surface area contributed by atoms with Crippen molar-refractivity contribution < 1.29 is 14.3 Å². The van der Waals surface area contributed by atoms with Gasteiger partial charge in [-0.1, -0.05) is 13.8 Å². The Balaban J connectivity index is 1.99. The van der Waals surface area contributed by atoms with Crippen LogP contribution in [0.4, 0.5) is 11.4 Å². The van der Waals surface area contributed by atoms with E-state index in [1.165, 1.54) is 0 Å². The summed E-state index contributed by atoms with van der Waals surface area (Å²) in [5.41, 5.74) is 2.48.